The number of thiazole rings is 1. The van der Waals surface area contributed by atoms with Crippen molar-refractivity contribution in [2.75, 3.05) is 18.5 Å². The third-order valence-electron chi connectivity index (χ3n) is 4.48. The molecule has 1 aliphatic carbocycles. The lowest BCUT2D eigenvalue weighted by Gasteiger charge is -2.19. The fourth-order valence-corrected chi connectivity index (χ4v) is 4.36. The van der Waals surface area contributed by atoms with E-state index in [1.54, 1.807) is 28.2 Å². The van der Waals surface area contributed by atoms with Crippen molar-refractivity contribution >= 4 is 16.5 Å². The van der Waals surface area contributed by atoms with Gasteiger partial charge < -0.3 is 10.1 Å². The molecule has 1 aliphatic heterocycles. The third-order valence-corrected chi connectivity index (χ3v) is 5.57. The Morgan fingerprint density at radius 3 is 3.04 bits per heavy atom. The summed E-state index contributed by atoms with van der Waals surface area (Å²) in [6, 6.07) is 3.24. The molecule has 23 heavy (non-hydrogen) atoms. The van der Waals surface area contributed by atoms with Crippen molar-refractivity contribution in [1.29, 1.82) is 0 Å². The number of anilines is 1. The number of nitrogens with zero attached hydrogens (tertiary/aromatic N) is 3. The highest BCUT2D eigenvalue weighted by molar-refractivity contribution is 7.15. The number of rotatable bonds is 3. The van der Waals surface area contributed by atoms with E-state index in [2.05, 4.69) is 10.4 Å². The third kappa shape index (κ3) is 2.90. The maximum atomic E-state index is 12.1. The fraction of sp³-hybridized carbons (Fsp3) is 0.562. The molecule has 2 atom stereocenters. The lowest BCUT2D eigenvalue weighted by atomic mass is 10.0. The van der Waals surface area contributed by atoms with Crippen LogP contribution >= 0.6 is 11.3 Å². The second-order valence-corrected chi connectivity index (χ2v) is 7.29. The number of aryl methyl sites for hydroxylation is 3. The zero-order valence-corrected chi connectivity index (χ0v) is 13.9. The van der Waals surface area contributed by atoms with Gasteiger partial charge in [0.15, 0.2) is 5.13 Å². The minimum Gasteiger partial charge on any atom is -0.377 e. The summed E-state index contributed by atoms with van der Waals surface area (Å²) in [5, 5.41) is 8.80. The van der Waals surface area contributed by atoms with Crippen molar-refractivity contribution in [1.82, 2.24) is 14.8 Å². The Bertz CT molecular complexity index is 746. The molecule has 2 aromatic heterocycles. The maximum Gasteiger partial charge on any atom is 0.267 e. The number of fused-ring (bicyclic) bond motifs is 1. The molecule has 0 aromatic carbocycles. The van der Waals surface area contributed by atoms with Gasteiger partial charge in [-0.3, -0.25) is 4.79 Å². The van der Waals surface area contributed by atoms with Crippen LogP contribution in [0.2, 0.25) is 0 Å². The van der Waals surface area contributed by atoms with Crippen LogP contribution in [0.5, 0.6) is 0 Å². The minimum absolute atomic E-state index is 0.0228. The Kier molecular flexibility index (Phi) is 3.90. The first kappa shape index (κ1) is 14.8. The molecule has 6 nitrogen and oxygen atoms in total. The van der Waals surface area contributed by atoms with E-state index in [9.17, 15) is 4.79 Å². The Labute approximate surface area is 138 Å². The van der Waals surface area contributed by atoms with Gasteiger partial charge in [-0.05, 0) is 38.7 Å². The molecule has 122 valence electrons. The van der Waals surface area contributed by atoms with Gasteiger partial charge in [-0.1, -0.05) is 0 Å². The van der Waals surface area contributed by atoms with Gasteiger partial charge in [0.2, 0.25) is 0 Å². The van der Waals surface area contributed by atoms with E-state index in [1.807, 2.05) is 6.92 Å². The van der Waals surface area contributed by atoms with Gasteiger partial charge in [0.05, 0.1) is 30.6 Å². The molecule has 1 N–H and O–H groups in total. The van der Waals surface area contributed by atoms with Gasteiger partial charge in [-0.25, -0.2) is 9.67 Å². The lowest BCUT2D eigenvalue weighted by molar-refractivity contribution is 0.182. The largest absolute Gasteiger partial charge is 0.377 e. The molecule has 0 amide bonds. The molecule has 0 spiro atoms. The summed E-state index contributed by atoms with van der Waals surface area (Å²) in [6.07, 6.45) is 4.70. The molecule has 3 heterocycles. The number of hydrogen-bond acceptors (Lipinski definition) is 6. The van der Waals surface area contributed by atoms with E-state index in [4.69, 9.17) is 9.72 Å². The first-order valence-corrected chi connectivity index (χ1v) is 8.92. The van der Waals surface area contributed by atoms with Crippen molar-refractivity contribution in [2.45, 2.75) is 44.7 Å². The van der Waals surface area contributed by atoms with Crippen LogP contribution in [-0.4, -0.2) is 34.0 Å². The summed E-state index contributed by atoms with van der Waals surface area (Å²) in [4.78, 5) is 18.2. The highest BCUT2D eigenvalue weighted by atomic mass is 32.1. The van der Waals surface area contributed by atoms with Crippen LogP contribution in [0.25, 0.3) is 0 Å². The summed E-state index contributed by atoms with van der Waals surface area (Å²) in [5.74, 6) is 0. The summed E-state index contributed by atoms with van der Waals surface area (Å²) >= 11 is 1.74. The van der Waals surface area contributed by atoms with Crippen LogP contribution < -0.4 is 10.9 Å². The first-order valence-electron chi connectivity index (χ1n) is 8.10. The smallest absolute Gasteiger partial charge is 0.267 e. The van der Waals surface area contributed by atoms with E-state index in [0.717, 1.165) is 23.7 Å². The van der Waals surface area contributed by atoms with Crippen LogP contribution in [0.15, 0.2) is 16.9 Å². The standard InChI is InChI=1S/C16H20N4O2S/c1-10-6-7-15(21)20(19-10)13-9-22-8-12(13)18-16-17-11-4-2-3-5-14(11)23-16/h6-7,12-13H,2-5,8-9H2,1H3,(H,17,18). The zero-order chi connectivity index (χ0) is 15.8. The molecular formula is C16H20N4O2S. The van der Waals surface area contributed by atoms with Gasteiger partial charge in [0.1, 0.15) is 6.04 Å². The van der Waals surface area contributed by atoms with Crippen molar-refractivity contribution in [3.05, 3.63) is 38.8 Å². The van der Waals surface area contributed by atoms with Gasteiger partial charge in [-0.15, -0.1) is 11.3 Å². The van der Waals surface area contributed by atoms with Crippen molar-refractivity contribution in [3.8, 4) is 0 Å². The summed E-state index contributed by atoms with van der Waals surface area (Å²) in [5.41, 5.74) is 1.99. The fourth-order valence-electron chi connectivity index (χ4n) is 3.25. The second kappa shape index (κ2) is 6.05. The molecule has 4 rings (SSSR count). The molecule has 0 radical (unpaired) electrons. The lowest BCUT2D eigenvalue weighted by Crippen LogP contribution is -2.37. The average Bonchev–Trinajstić information content (AvgIpc) is 3.16. The van der Waals surface area contributed by atoms with E-state index in [0.29, 0.717) is 13.2 Å². The molecule has 1 fully saturated rings. The van der Waals surface area contributed by atoms with Crippen molar-refractivity contribution in [3.63, 3.8) is 0 Å². The molecule has 7 heteroatoms. The molecule has 1 saturated heterocycles. The van der Waals surface area contributed by atoms with Crippen LogP contribution in [0.1, 0.15) is 35.1 Å². The van der Waals surface area contributed by atoms with E-state index >= 15 is 0 Å². The highest BCUT2D eigenvalue weighted by Gasteiger charge is 2.32. The molecule has 0 saturated carbocycles. The van der Waals surface area contributed by atoms with Gasteiger partial charge in [0, 0.05) is 10.9 Å². The molecular weight excluding hydrogens is 312 g/mol. The summed E-state index contributed by atoms with van der Waals surface area (Å²) < 4.78 is 7.16. The molecule has 2 aromatic rings. The summed E-state index contributed by atoms with van der Waals surface area (Å²) in [7, 11) is 0. The number of hydrogen-bond donors (Lipinski definition) is 1. The normalized spacial score (nSPS) is 23.7. The van der Waals surface area contributed by atoms with Gasteiger partial charge in [0.25, 0.3) is 5.56 Å². The van der Waals surface area contributed by atoms with Crippen LogP contribution in [0, 0.1) is 6.92 Å². The second-order valence-electron chi connectivity index (χ2n) is 6.21. The Morgan fingerprint density at radius 2 is 2.17 bits per heavy atom. The molecule has 2 unspecified atom stereocenters. The van der Waals surface area contributed by atoms with Gasteiger partial charge in [-0.2, -0.15) is 5.10 Å². The monoisotopic (exact) mass is 332 g/mol. The molecule has 0 bridgehead atoms. The predicted molar refractivity (Wildman–Crippen MR) is 89.3 cm³/mol. The van der Waals surface area contributed by atoms with Crippen molar-refractivity contribution in [2.24, 2.45) is 0 Å². The predicted octanol–water partition coefficient (Wildman–Crippen LogP) is 1.94. The topological polar surface area (TPSA) is 69.0 Å². The van der Waals surface area contributed by atoms with Crippen LogP contribution in [0.4, 0.5) is 5.13 Å². The van der Waals surface area contributed by atoms with E-state index in [1.165, 1.54) is 23.4 Å². The Balaban J connectivity index is 1.57. The maximum absolute atomic E-state index is 12.1. The quantitative estimate of drug-likeness (QED) is 0.930. The summed E-state index contributed by atoms with van der Waals surface area (Å²) in [6.45, 7) is 2.96. The number of ether oxygens (including phenoxy) is 1. The van der Waals surface area contributed by atoms with Gasteiger partial charge >= 0.3 is 0 Å². The zero-order valence-electron chi connectivity index (χ0n) is 13.1. The van der Waals surface area contributed by atoms with Crippen LogP contribution in [-0.2, 0) is 17.6 Å². The van der Waals surface area contributed by atoms with Crippen LogP contribution in [0.3, 0.4) is 0 Å². The number of nitrogens with one attached hydrogen (secondary N) is 1. The molecule has 2 aliphatic rings. The van der Waals surface area contributed by atoms with Crippen molar-refractivity contribution < 1.29 is 4.74 Å². The Hall–Kier alpha value is -1.73. The first-order chi connectivity index (χ1) is 11.2. The Morgan fingerprint density at radius 1 is 1.30 bits per heavy atom. The SMILES string of the molecule is Cc1ccc(=O)n(C2COCC2Nc2nc3c(s2)CCCC3)n1. The highest BCUT2D eigenvalue weighted by Crippen LogP contribution is 2.31. The minimum atomic E-state index is -0.0941. The van der Waals surface area contributed by atoms with E-state index in [-0.39, 0.29) is 17.6 Å². The van der Waals surface area contributed by atoms with E-state index < -0.39 is 0 Å². The number of aromatic nitrogens is 3. The average molecular weight is 332 g/mol.